The Morgan fingerprint density at radius 2 is 2.08 bits per heavy atom. The van der Waals surface area contributed by atoms with E-state index in [-0.39, 0.29) is 24.6 Å². The Hall–Kier alpha value is -3.26. The van der Waals surface area contributed by atoms with Crippen molar-refractivity contribution >= 4 is 22.5 Å². The van der Waals surface area contributed by atoms with Crippen LogP contribution in [0.4, 0.5) is 5.69 Å². The van der Waals surface area contributed by atoms with Crippen LogP contribution in [-0.4, -0.2) is 32.4 Å². The van der Waals surface area contributed by atoms with Crippen molar-refractivity contribution in [1.82, 2.24) is 15.3 Å². The third-order valence-corrected chi connectivity index (χ3v) is 3.90. The molecule has 128 valence electrons. The molecule has 0 saturated carbocycles. The van der Waals surface area contributed by atoms with Gasteiger partial charge in [-0.3, -0.25) is 19.9 Å². The second kappa shape index (κ2) is 7.10. The Labute approximate surface area is 142 Å². The number of hydrogen-bond acceptors (Lipinski definition) is 5. The monoisotopic (exact) mass is 340 g/mol. The number of aromatic nitrogens is 2. The van der Waals surface area contributed by atoms with E-state index in [2.05, 4.69) is 15.3 Å². The van der Waals surface area contributed by atoms with Gasteiger partial charge in [0.15, 0.2) is 0 Å². The van der Waals surface area contributed by atoms with E-state index in [0.717, 1.165) is 5.52 Å². The highest BCUT2D eigenvalue weighted by Gasteiger charge is 2.14. The number of aliphatic hydroxyl groups excluding tert-OH is 1. The molecule has 3 rings (SSSR count). The third-order valence-electron chi connectivity index (χ3n) is 3.90. The number of amides is 1. The SMILES string of the molecule is O=C(Cc1c[nH]c2ccc([N+](=O)[O-])cc12)NCC(O)c1ccncc1. The molecule has 0 spiro atoms. The molecule has 3 aromatic rings. The van der Waals surface area contributed by atoms with Crippen molar-refractivity contribution in [2.24, 2.45) is 0 Å². The standard InChI is InChI=1S/C17H16N4O4/c22-16(11-3-5-18-6-4-11)10-20-17(23)7-12-9-19-15-2-1-13(21(24)25)8-14(12)15/h1-6,8-9,16,19,22H,7,10H2,(H,20,23). The number of nitrogens with one attached hydrogen (secondary N) is 2. The minimum Gasteiger partial charge on any atom is -0.387 e. The van der Waals surface area contributed by atoms with Gasteiger partial charge in [0.05, 0.1) is 17.4 Å². The van der Waals surface area contributed by atoms with Gasteiger partial charge in [-0.15, -0.1) is 0 Å². The number of H-pyrrole nitrogens is 1. The lowest BCUT2D eigenvalue weighted by atomic mass is 10.1. The molecule has 1 atom stereocenters. The summed E-state index contributed by atoms with van der Waals surface area (Å²) in [6.45, 7) is 0.0748. The fourth-order valence-corrected chi connectivity index (χ4v) is 2.58. The molecule has 1 unspecified atom stereocenters. The maximum Gasteiger partial charge on any atom is 0.270 e. The molecule has 0 aliphatic carbocycles. The van der Waals surface area contributed by atoms with Crippen molar-refractivity contribution in [1.29, 1.82) is 0 Å². The topological polar surface area (TPSA) is 121 Å². The lowest BCUT2D eigenvalue weighted by Gasteiger charge is -2.11. The van der Waals surface area contributed by atoms with Gasteiger partial charge in [0.1, 0.15) is 0 Å². The summed E-state index contributed by atoms with van der Waals surface area (Å²) >= 11 is 0. The van der Waals surface area contributed by atoms with E-state index in [1.807, 2.05) is 0 Å². The molecule has 2 heterocycles. The summed E-state index contributed by atoms with van der Waals surface area (Å²) in [6.07, 6.45) is 4.03. The first-order chi connectivity index (χ1) is 12.0. The number of rotatable bonds is 6. The molecule has 25 heavy (non-hydrogen) atoms. The van der Waals surface area contributed by atoms with Gasteiger partial charge in [-0.2, -0.15) is 0 Å². The van der Waals surface area contributed by atoms with Crippen LogP contribution >= 0.6 is 0 Å². The normalized spacial score (nSPS) is 12.0. The Kier molecular flexibility index (Phi) is 4.71. The number of aromatic amines is 1. The molecule has 1 aromatic carbocycles. The van der Waals surface area contributed by atoms with Crippen LogP contribution in [0.3, 0.4) is 0 Å². The lowest BCUT2D eigenvalue weighted by Crippen LogP contribution is -2.29. The molecule has 0 radical (unpaired) electrons. The van der Waals surface area contributed by atoms with Gasteiger partial charge in [0.2, 0.25) is 5.91 Å². The van der Waals surface area contributed by atoms with Gasteiger partial charge in [-0.25, -0.2) is 0 Å². The van der Waals surface area contributed by atoms with E-state index in [4.69, 9.17) is 0 Å². The predicted octanol–water partition coefficient (Wildman–Crippen LogP) is 1.86. The zero-order chi connectivity index (χ0) is 17.8. The Morgan fingerprint density at radius 3 is 2.80 bits per heavy atom. The Bertz CT molecular complexity index is 907. The van der Waals surface area contributed by atoms with E-state index < -0.39 is 11.0 Å². The molecule has 1 amide bonds. The molecule has 0 bridgehead atoms. The summed E-state index contributed by atoms with van der Waals surface area (Å²) < 4.78 is 0. The largest absolute Gasteiger partial charge is 0.387 e. The van der Waals surface area contributed by atoms with Gasteiger partial charge in [-0.1, -0.05) is 0 Å². The first kappa shape index (κ1) is 16.6. The first-order valence-electron chi connectivity index (χ1n) is 7.63. The van der Waals surface area contributed by atoms with Crippen LogP contribution in [-0.2, 0) is 11.2 Å². The fraction of sp³-hybridized carbons (Fsp3) is 0.176. The van der Waals surface area contributed by atoms with E-state index >= 15 is 0 Å². The summed E-state index contributed by atoms with van der Waals surface area (Å²) in [5.74, 6) is -0.277. The lowest BCUT2D eigenvalue weighted by molar-refractivity contribution is -0.384. The van der Waals surface area contributed by atoms with Crippen LogP contribution in [0.25, 0.3) is 10.9 Å². The first-order valence-corrected chi connectivity index (χ1v) is 7.63. The molecule has 2 aromatic heterocycles. The number of nitro groups is 1. The molecule has 8 heteroatoms. The van der Waals surface area contributed by atoms with Gasteiger partial charge in [-0.05, 0) is 29.3 Å². The fourth-order valence-electron chi connectivity index (χ4n) is 2.58. The Morgan fingerprint density at radius 1 is 1.32 bits per heavy atom. The van der Waals surface area contributed by atoms with Crippen molar-refractivity contribution in [3.63, 3.8) is 0 Å². The number of fused-ring (bicyclic) bond motifs is 1. The minimum atomic E-state index is -0.823. The van der Waals surface area contributed by atoms with Crippen molar-refractivity contribution in [3.05, 3.63) is 70.2 Å². The number of carbonyl (C=O) groups excluding carboxylic acids is 1. The van der Waals surface area contributed by atoms with E-state index in [1.165, 1.54) is 12.1 Å². The molecule has 0 aliphatic heterocycles. The number of pyridine rings is 1. The second-order valence-electron chi connectivity index (χ2n) is 5.58. The van der Waals surface area contributed by atoms with Gasteiger partial charge in [0.25, 0.3) is 5.69 Å². The predicted molar refractivity (Wildman–Crippen MR) is 90.9 cm³/mol. The molecule has 0 fully saturated rings. The highest BCUT2D eigenvalue weighted by atomic mass is 16.6. The van der Waals surface area contributed by atoms with Crippen LogP contribution in [0, 0.1) is 10.1 Å². The van der Waals surface area contributed by atoms with Crippen LogP contribution < -0.4 is 5.32 Å². The summed E-state index contributed by atoms with van der Waals surface area (Å²) in [7, 11) is 0. The van der Waals surface area contributed by atoms with Crippen molar-refractivity contribution in [2.75, 3.05) is 6.54 Å². The Balaban J connectivity index is 1.66. The third kappa shape index (κ3) is 3.81. The van der Waals surface area contributed by atoms with Crippen LogP contribution in [0.5, 0.6) is 0 Å². The minimum absolute atomic E-state index is 0.0260. The maximum atomic E-state index is 12.1. The summed E-state index contributed by atoms with van der Waals surface area (Å²) in [4.78, 5) is 29.4. The van der Waals surface area contributed by atoms with Gasteiger partial charge in [0, 0.05) is 48.2 Å². The molecule has 0 saturated heterocycles. The number of hydrogen-bond donors (Lipinski definition) is 3. The van der Waals surface area contributed by atoms with Crippen molar-refractivity contribution < 1.29 is 14.8 Å². The summed E-state index contributed by atoms with van der Waals surface area (Å²) in [6, 6.07) is 7.82. The summed E-state index contributed by atoms with van der Waals surface area (Å²) in [5.41, 5.74) is 2.03. The van der Waals surface area contributed by atoms with Gasteiger partial charge >= 0.3 is 0 Å². The second-order valence-corrected chi connectivity index (χ2v) is 5.58. The average molecular weight is 340 g/mol. The number of nitro benzene ring substituents is 1. The zero-order valence-corrected chi connectivity index (χ0v) is 13.2. The number of non-ortho nitro benzene ring substituents is 1. The quantitative estimate of drug-likeness (QED) is 0.467. The van der Waals surface area contributed by atoms with Gasteiger partial charge < -0.3 is 15.4 Å². The number of carbonyl (C=O) groups is 1. The zero-order valence-electron chi connectivity index (χ0n) is 13.2. The number of nitrogens with zero attached hydrogens (tertiary/aromatic N) is 2. The van der Waals surface area contributed by atoms with E-state index in [0.29, 0.717) is 16.5 Å². The maximum absolute atomic E-state index is 12.1. The van der Waals surface area contributed by atoms with E-state index in [1.54, 1.807) is 36.8 Å². The van der Waals surface area contributed by atoms with Crippen molar-refractivity contribution in [3.8, 4) is 0 Å². The molecular weight excluding hydrogens is 324 g/mol. The summed E-state index contributed by atoms with van der Waals surface area (Å²) in [5, 5.41) is 24.2. The highest BCUT2D eigenvalue weighted by Crippen LogP contribution is 2.24. The van der Waals surface area contributed by atoms with Crippen LogP contribution in [0.2, 0.25) is 0 Å². The van der Waals surface area contributed by atoms with Crippen molar-refractivity contribution in [2.45, 2.75) is 12.5 Å². The van der Waals surface area contributed by atoms with Crippen LogP contribution in [0.15, 0.2) is 48.9 Å². The van der Waals surface area contributed by atoms with E-state index in [9.17, 15) is 20.0 Å². The highest BCUT2D eigenvalue weighted by molar-refractivity contribution is 5.90. The molecular formula is C17H16N4O4. The molecule has 8 nitrogen and oxygen atoms in total. The smallest absolute Gasteiger partial charge is 0.270 e. The number of benzene rings is 1. The molecule has 3 N–H and O–H groups in total. The molecule has 0 aliphatic rings. The average Bonchev–Trinajstić information content (AvgIpc) is 3.02. The van der Waals surface area contributed by atoms with Crippen LogP contribution in [0.1, 0.15) is 17.2 Å². The number of aliphatic hydroxyl groups is 1.